The lowest BCUT2D eigenvalue weighted by molar-refractivity contribution is -0.133. The van der Waals surface area contributed by atoms with E-state index in [4.69, 9.17) is 0 Å². The fourth-order valence-corrected chi connectivity index (χ4v) is 2.72. The monoisotopic (exact) mass is 235 g/mol. The Bertz CT molecular complexity index is 406. The van der Waals surface area contributed by atoms with Crippen LogP contribution >= 0.6 is 0 Å². The summed E-state index contributed by atoms with van der Waals surface area (Å²) in [7, 11) is 1.84. The minimum Gasteiger partial charge on any atom is -0.347 e. The first kappa shape index (κ1) is 12.1. The smallest absolute Gasteiger partial charge is 0.226 e. The summed E-state index contributed by atoms with van der Waals surface area (Å²) in [6, 6.07) is 0. The highest BCUT2D eigenvalue weighted by Crippen LogP contribution is 2.68. The van der Waals surface area contributed by atoms with Gasteiger partial charge in [0.05, 0.1) is 6.54 Å². The summed E-state index contributed by atoms with van der Waals surface area (Å²) in [6.07, 6.45) is 3.48. The van der Waals surface area contributed by atoms with Gasteiger partial charge in [-0.15, -0.1) is 0 Å². The maximum absolute atomic E-state index is 12.3. The largest absolute Gasteiger partial charge is 0.347 e. The van der Waals surface area contributed by atoms with Crippen LogP contribution in [0.2, 0.25) is 0 Å². The molecule has 0 bridgehead atoms. The number of carbonyl (C=O) groups excluding carboxylic acids is 1. The molecule has 0 spiro atoms. The van der Waals surface area contributed by atoms with Crippen LogP contribution in [-0.4, -0.2) is 27.8 Å². The molecule has 1 N–H and O–H groups in total. The molecule has 1 aromatic heterocycles. The number of nitrogens with one attached hydrogen (secondary N) is 1. The first-order valence-electron chi connectivity index (χ1n) is 6.01. The Morgan fingerprint density at radius 3 is 2.41 bits per heavy atom. The zero-order chi connectivity index (χ0) is 12.8. The van der Waals surface area contributed by atoms with E-state index in [0.29, 0.717) is 6.54 Å². The van der Waals surface area contributed by atoms with E-state index in [9.17, 15) is 4.79 Å². The van der Waals surface area contributed by atoms with E-state index in [-0.39, 0.29) is 22.7 Å². The van der Waals surface area contributed by atoms with Gasteiger partial charge in [-0.2, -0.15) is 0 Å². The van der Waals surface area contributed by atoms with Crippen molar-refractivity contribution in [2.75, 3.05) is 7.05 Å². The number of carbonyl (C=O) groups is 1. The van der Waals surface area contributed by atoms with Crippen LogP contribution in [0.5, 0.6) is 0 Å². The molecule has 4 nitrogen and oxygen atoms in total. The van der Waals surface area contributed by atoms with E-state index in [0.717, 1.165) is 5.82 Å². The number of aromatic nitrogens is 2. The molecule has 1 aliphatic rings. The molecule has 0 radical (unpaired) electrons. The lowest BCUT2D eigenvalue weighted by Gasteiger charge is -2.17. The SMILES string of the molecule is CN(Cc1ncc[nH]1)C(=O)C1C(C)(C)C1(C)C. The van der Waals surface area contributed by atoms with Crippen molar-refractivity contribution < 1.29 is 4.79 Å². The number of hydrogen-bond acceptors (Lipinski definition) is 2. The maximum atomic E-state index is 12.3. The molecule has 1 heterocycles. The number of nitrogens with zero attached hydrogens (tertiary/aromatic N) is 2. The van der Waals surface area contributed by atoms with Crippen molar-refractivity contribution in [3.05, 3.63) is 18.2 Å². The van der Waals surface area contributed by atoms with E-state index < -0.39 is 0 Å². The van der Waals surface area contributed by atoms with Crippen LogP contribution in [-0.2, 0) is 11.3 Å². The molecule has 0 aliphatic heterocycles. The van der Waals surface area contributed by atoms with Crippen molar-refractivity contribution in [2.45, 2.75) is 34.2 Å². The normalized spacial score (nSPS) is 21.2. The molecule has 1 fully saturated rings. The Balaban J connectivity index is 2.03. The van der Waals surface area contributed by atoms with Crippen molar-refractivity contribution >= 4 is 5.91 Å². The highest BCUT2D eigenvalue weighted by atomic mass is 16.2. The predicted octanol–water partition coefficient (Wildman–Crippen LogP) is 2.05. The Morgan fingerprint density at radius 1 is 1.41 bits per heavy atom. The summed E-state index contributed by atoms with van der Waals surface area (Å²) < 4.78 is 0. The van der Waals surface area contributed by atoms with Gasteiger partial charge in [-0.05, 0) is 10.8 Å². The molecule has 94 valence electrons. The predicted molar refractivity (Wildman–Crippen MR) is 66.1 cm³/mol. The molecule has 17 heavy (non-hydrogen) atoms. The third-order valence-electron chi connectivity index (χ3n) is 4.59. The van der Waals surface area contributed by atoms with Gasteiger partial charge in [-0.3, -0.25) is 4.79 Å². The lowest BCUT2D eigenvalue weighted by Crippen LogP contribution is -2.30. The second-order valence-corrected chi connectivity index (χ2v) is 6.11. The summed E-state index contributed by atoms with van der Waals surface area (Å²) in [4.78, 5) is 21.3. The van der Waals surface area contributed by atoms with Crippen LogP contribution in [0.15, 0.2) is 12.4 Å². The van der Waals surface area contributed by atoms with Crippen LogP contribution in [0, 0.1) is 16.7 Å². The molecule has 0 aromatic carbocycles. The molecule has 1 aliphatic carbocycles. The third kappa shape index (κ3) is 1.75. The Kier molecular flexibility index (Phi) is 2.56. The van der Waals surface area contributed by atoms with Gasteiger partial charge in [0, 0.05) is 25.4 Å². The number of H-pyrrole nitrogens is 1. The van der Waals surface area contributed by atoms with Gasteiger partial charge in [0.15, 0.2) is 0 Å². The minimum atomic E-state index is 0.0987. The fraction of sp³-hybridized carbons (Fsp3) is 0.692. The number of aromatic amines is 1. The van der Waals surface area contributed by atoms with Gasteiger partial charge in [0.25, 0.3) is 0 Å². The van der Waals surface area contributed by atoms with E-state index in [2.05, 4.69) is 37.7 Å². The van der Waals surface area contributed by atoms with Gasteiger partial charge < -0.3 is 9.88 Å². The van der Waals surface area contributed by atoms with Gasteiger partial charge in [-0.25, -0.2) is 4.98 Å². The van der Waals surface area contributed by atoms with Crippen molar-refractivity contribution in [1.29, 1.82) is 0 Å². The van der Waals surface area contributed by atoms with Crippen LogP contribution < -0.4 is 0 Å². The van der Waals surface area contributed by atoms with Crippen LogP contribution in [0.3, 0.4) is 0 Å². The second-order valence-electron chi connectivity index (χ2n) is 6.11. The molecule has 1 aromatic rings. The minimum absolute atomic E-state index is 0.0987. The van der Waals surface area contributed by atoms with E-state index >= 15 is 0 Å². The Labute approximate surface area is 102 Å². The third-order valence-corrected chi connectivity index (χ3v) is 4.59. The summed E-state index contributed by atoms with van der Waals surface area (Å²) in [5, 5.41) is 0. The average molecular weight is 235 g/mol. The van der Waals surface area contributed by atoms with E-state index in [1.54, 1.807) is 17.3 Å². The fourth-order valence-electron chi connectivity index (χ4n) is 2.72. The number of rotatable bonds is 3. The standard InChI is InChI=1S/C13H21N3O/c1-12(2)10(13(12,3)4)11(17)16(5)8-9-14-6-7-15-9/h6-7,10H,8H2,1-5H3,(H,14,15). The number of imidazole rings is 1. The molecule has 4 heteroatoms. The van der Waals surface area contributed by atoms with Crippen LogP contribution in [0.4, 0.5) is 0 Å². The Morgan fingerprint density at radius 2 is 2.00 bits per heavy atom. The molecule has 1 saturated carbocycles. The van der Waals surface area contributed by atoms with Crippen molar-refractivity contribution in [3.8, 4) is 0 Å². The number of amides is 1. The molecule has 2 rings (SSSR count). The summed E-state index contributed by atoms with van der Waals surface area (Å²) >= 11 is 0. The molecular formula is C13H21N3O. The molecule has 1 amide bonds. The topological polar surface area (TPSA) is 49.0 Å². The Hall–Kier alpha value is -1.32. The summed E-state index contributed by atoms with van der Waals surface area (Å²) in [5.74, 6) is 1.17. The number of hydrogen-bond donors (Lipinski definition) is 1. The van der Waals surface area contributed by atoms with Gasteiger partial charge in [0.2, 0.25) is 5.91 Å². The summed E-state index contributed by atoms with van der Waals surface area (Å²) in [5.41, 5.74) is 0.197. The van der Waals surface area contributed by atoms with Gasteiger partial charge in [0.1, 0.15) is 5.82 Å². The van der Waals surface area contributed by atoms with Crippen molar-refractivity contribution in [3.63, 3.8) is 0 Å². The molecule has 0 unspecified atom stereocenters. The average Bonchev–Trinajstić information content (AvgIpc) is 2.61. The lowest BCUT2D eigenvalue weighted by atomic mass is 10.0. The van der Waals surface area contributed by atoms with Crippen LogP contribution in [0.1, 0.15) is 33.5 Å². The summed E-state index contributed by atoms with van der Waals surface area (Å²) in [6.45, 7) is 9.20. The first-order chi connectivity index (χ1) is 7.78. The zero-order valence-electron chi connectivity index (χ0n) is 11.2. The molecular weight excluding hydrogens is 214 g/mol. The van der Waals surface area contributed by atoms with E-state index in [1.807, 2.05) is 7.05 Å². The zero-order valence-corrected chi connectivity index (χ0v) is 11.2. The second kappa shape index (κ2) is 3.59. The van der Waals surface area contributed by atoms with Gasteiger partial charge >= 0.3 is 0 Å². The highest BCUT2D eigenvalue weighted by Gasteiger charge is 2.68. The highest BCUT2D eigenvalue weighted by molar-refractivity contribution is 5.84. The molecule has 0 saturated heterocycles. The van der Waals surface area contributed by atoms with Crippen LogP contribution in [0.25, 0.3) is 0 Å². The van der Waals surface area contributed by atoms with Crippen molar-refractivity contribution in [2.24, 2.45) is 16.7 Å². The van der Waals surface area contributed by atoms with Gasteiger partial charge in [-0.1, -0.05) is 27.7 Å². The quantitative estimate of drug-likeness (QED) is 0.871. The maximum Gasteiger partial charge on any atom is 0.226 e. The van der Waals surface area contributed by atoms with Crippen molar-refractivity contribution in [1.82, 2.24) is 14.9 Å². The van der Waals surface area contributed by atoms with E-state index in [1.165, 1.54) is 0 Å². The first-order valence-corrected chi connectivity index (χ1v) is 6.01. The molecule has 0 atom stereocenters.